The fourth-order valence-corrected chi connectivity index (χ4v) is 4.16. The zero-order valence-corrected chi connectivity index (χ0v) is 16.1. The summed E-state index contributed by atoms with van der Waals surface area (Å²) in [6, 6.07) is 14.6. The average Bonchev–Trinajstić information content (AvgIpc) is 2.98. The number of carbonyl (C=O) groups is 3. The van der Waals surface area contributed by atoms with E-state index in [9.17, 15) is 14.4 Å². The van der Waals surface area contributed by atoms with Crippen molar-refractivity contribution in [3.63, 3.8) is 0 Å². The van der Waals surface area contributed by atoms with E-state index in [1.807, 2.05) is 43.3 Å². The van der Waals surface area contributed by atoms with E-state index >= 15 is 0 Å². The Kier molecular flexibility index (Phi) is 4.85. The van der Waals surface area contributed by atoms with E-state index in [4.69, 9.17) is 9.47 Å². The Morgan fingerprint density at radius 1 is 1.14 bits per heavy atom. The number of thioether (sulfide) groups is 1. The minimum Gasteiger partial charge on any atom is -0.489 e. The molecule has 2 aliphatic heterocycles. The molecule has 2 heterocycles. The summed E-state index contributed by atoms with van der Waals surface area (Å²) < 4.78 is 11.9. The molecule has 2 amide bonds. The number of carbonyl (C=O) groups excluding carboxylic acids is 3. The Morgan fingerprint density at radius 2 is 1.89 bits per heavy atom. The number of para-hydroxylation sites is 1. The molecule has 28 heavy (non-hydrogen) atoms. The summed E-state index contributed by atoms with van der Waals surface area (Å²) in [5.74, 6) is 1.04. The number of fused-ring (bicyclic) bond motifs is 1. The number of nitrogens with one attached hydrogen (secondary N) is 1. The number of ketones is 1. The van der Waals surface area contributed by atoms with Crippen molar-refractivity contribution in [1.29, 1.82) is 0 Å². The molecular formula is C21H19NO5S. The first-order valence-corrected chi connectivity index (χ1v) is 9.84. The lowest BCUT2D eigenvalue weighted by Crippen LogP contribution is -2.44. The molecule has 6 nitrogen and oxygen atoms in total. The van der Waals surface area contributed by atoms with Crippen LogP contribution >= 0.6 is 11.8 Å². The standard InChI is InChI=1S/C21H19NO5S/c1-21(11-16(23)15-4-2-3-5-17(15)27-21)12-26-14-8-6-13(7-9-14)10-18-19(24)22-20(25)28-18/h2-9,18H,10-12H2,1H3,(H,22,24,25). The summed E-state index contributed by atoms with van der Waals surface area (Å²) in [4.78, 5) is 35.3. The number of ether oxygens (including phenoxy) is 2. The molecule has 1 N–H and O–H groups in total. The number of benzene rings is 2. The van der Waals surface area contributed by atoms with Gasteiger partial charge in [-0.1, -0.05) is 36.0 Å². The maximum absolute atomic E-state index is 12.4. The van der Waals surface area contributed by atoms with Crippen molar-refractivity contribution in [2.75, 3.05) is 6.61 Å². The van der Waals surface area contributed by atoms with Crippen LogP contribution in [-0.2, 0) is 11.2 Å². The first kappa shape index (κ1) is 18.6. The second-order valence-electron chi connectivity index (χ2n) is 7.17. The van der Waals surface area contributed by atoms with E-state index in [-0.39, 0.29) is 35.2 Å². The molecule has 0 aliphatic carbocycles. The fraction of sp³-hybridized carbons (Fsp3) is 0.286. The van der Waals surface area contributed by atoms with Crippen molar-refractivity contribution >= 4 is 28.7 Å². The van der Waals surface area contributed by atoms with E-state index in [1.165, 1.54) is 0 Å². The second-order valence-corrected chi connectivity index (χ2v) is 8.34. The minimum atomic E-state index is -0.733. The summed E-state index contributed by atoms with van der Waals surface area (Å²) >= 11 is 1.02. The van der Waals surface area contributed by atoms with Gasteiger partial charge in [0.15, 0.2) is 5.78 Å². The molecule has 0 radical (unpaired) electrons. The van der Waals surface area contributed by atoms with Gasteiger partial charge in [-0.3, -0.25) is 19.7 Å². The molecule has 2 atom stereocenters. The summed E-state index contributed by atoms with van der Waals surface area (Å²) in [6.45, 7) is 2.10. The van der Waals surface area contributed by atoms with Crippen LogP contribution in [0, 0.1) is 0 Å². The van der Waals surface area contributed by atoms with Crippen molar-refractivity contribution in [3.8, 4) is 11.5 Å². The Labute approximate surface area is 166 Å². The lowest BCUT2D eigenvalue weighted by atomic mass is 9.92. The minimum absolute atomic E-state index is 0.0465. The summed E-state index contributed by atoms with van der Waals surface area (Å²) in [6.07, 6.45) is 0.735. The maximum Gasteiger partial charge on any atom is 0.286 e. The Balaban J connectivity index is 1.37. The molecule has 1 fully saturated rings. The van der Waals surface area contributed by atoms with E-state index in [0.717, 1.165) is 17.3 Å². The molecule has 1 saturated heterocycles. The molecule has 2 aromatic rings. The average molecular weight is 397 g/mol. The Hall–Kier alpha value is -2.80. The van der Waals surface area contributed by atoms with Crippen molar-refractivity contribution in [3.05, 3.63) is 59.7 Å². The molecule has 2 unspecified atom stereocenters. The van der Waals surface area contributed by atoms with Gasteiger partial charge < -0.3 is 9.47 Å². The topological polar surface area (TPSA) is 81.7 Å². The Morgan fingerprint density at radius 3 is 2.61 bits per heavy atom. The number of hydrogen-bond acceptors (Lipinski definition) is 6. The second kappa shape index (κ2) is 7.31. The largest absolute Gasteiger partial charge is 0.489 e. The van der Waals surface area contributed by atoms with Crippen molar-refractivity contribution in [1.82, 2.24) is 5.32 Å². The zero-order valence-electron chi connectivity index (χ0n) is 15.3. The number of imide groups is 1. The van der Waals surface area contributed by atoms with Gasteiger partial charge in [-0.2, -0.15) is 0 Å². The highest BCUT2D eigenvalue weighted by Crippen LogP contribution is 2.33. The van der Waals surface area contributed by atoms with Crippen LogP contribution in [0.1, 0.15) is 29.3 Å². The van der Waals surface area contributed by atoms with E-state index < -0.39 is 5.60 Å². The molecule has 7 heteroatoms. The molecule has 2 aliphatic rings. The molecule has 4 rings (SSSR count). The lowest BCUT2D eigenvalue weighted by molar-refractivity contribution is -0.118. The quantitative estimate of drug-likeness (QED) is 0.833. The van der Waals surface area contributed by atoms with Gasteiger partial charge in [0.05, 0.1) is 17.2 Å². The van der Waals surface area contributed by atoms with Gasteiger partial charge >= 0.3 is 0 Å². The van der Waals surface area contributed by atoms with Gasteiger partial charge in [-0.05, 0) is 43.2 Å². The molecule has 0 spiro atoms. The van der Waals surface area contributed by atoms with Crippen LogP contribution in [0.25, 0.3) is 0 Å². The summed E-state index contributed by atoms with van der Waals surface area (Å²) in [7, 11) is 0. The number of hydrogen-bond donors (Lipinski definition) is 1. The predicted octanol–water partition coefficient (Wildman–Crippen LogP) is 3.38. The monoisotopic (exact) mass is 397 g/mol. The molecule has 0 bridgehead atoms. The summed E-state index contributed by atoms with van der Waals surface area (Å²) in [5, 5.41) is 1.60. The van der Waals surface area contributed by atoms with E-state index in [1.54, 1.807) is 12.1 Å². The van der Waals surface area contributed by atoms with Gasteiger partial charge in [-0.25, -0.2) is 0 Å². The third-order valence-electron chi connectivity index (χ3n) is 4.73. The molecule has 144 valence electrons. The van der Waals surface area contributed by atoms with Crippen LogP contribution in [0.3, 0.4) is 0 Å². The number of Topliss-reactive ketones (excluding diaryl/α,β-unsaturated/α-hetero) is 1. The zero-order chi connectivity index (χ0) is 19.7. The van der Waals surface area contributed by atoms with Gasteiger partial charge in [0.2, 0.25) is 5.91 Å². The third kappa shape index (κ3) is 3.89. The smallest absolute Gasteiger partial charge is 0.286 e. The summed E-state index contributed by atoms with van der Waals surface area (Å²) in [5.41, 5.74) is 0.818. The highest BCUT2D eigenvalue weighted by Gasteiger charge is 2.37. The molecular weight excluding hydrogens is 378 g/mol. The molecule has 0 saturated carbocycles. The first-order valence-electron chi connectivity index (χ1n) is 8.96. The van der Waals surface area contributed by atoms with E-state index in [0.29, 0.717) is 23.5 Å². The van der Waals surface area contributed by atoms with Crippen molar-refractivity contribution < 1.29 is 23.9 Å². The number of rotatable bonds is 5. The highest BCUT2D eigenvalue weighted by molar-refractivity contribution is 8.15. The van der Waals surface area contributed by atoms with Crippen LogP contribution in [0.2, 0.25) is 0 Å². The SMILES string of the molecule is CC1(COc2ccc(CC3SC(=O)NC3=O)cc2)CC(=O)c2ccccc2O1. The maximum atomic E-state index is 12.4. The number of amides is 2. The van der Waals surface area contributed by atoms with Gasteiger partial charge in [-0.15, -0.1) is 0 Å². The van der Waals surface area contributed by atoms with Crippen LogP contribution in [0.4, 0.5) is 4.79 Å². The van der Waals surface area contributed by atoms with Gasteiger partial charge in [0, 0.05) is 0 Å². The molecule has 2 aromatic carbocycles. The van der Waals surface area contributed by atoms with Crippen molar-refractivity contribution in [2.45, 2.75) is 30.6 Å². The van der Waals surface area contributed by atoms with Crippen LogP contribution in [0.5, 0.6) is 11.5 Å². The van der Waals surface area contributed by atoms with Crippen LogP contribution < -0.4 is 14.8 Å². The van der Waals surface area contributed by atoms with Gasteiger partial charge in [0.1, 0.15) is 23.7 Å². The van der Waals surface area contributed by atoms with Crippen molar-refractivity contribution in [2.24, 2.45) is 0 Å². The first-order chi connectivity index (χ1) is 13.4. The lowest BCUT2D eigenvalue weighted by Gasteiger charge is -2.34. The van der Waals surface area contributed by atoms with Crippen LogP contribution in [-0.4, -0.2) is 34.4 Å². The fourth-order valence-electron chi connectivity index (χ4n) is 3.30. The van der Waals surface area contributed by atoms with Gasteiger partial charge in [0.25, 0.3) is 5.24 Å². The highest BCUT2D eigenvalue weighted by atomic mass is 32.2. The molecule has 0 aromatic heterocycles. The Bertz CT molecular complexity index is 942. The van der Waals surface area contributed by atoms with E-state index in [2.05, 4.69) is 5.32 Å². The van der Waals surface area contributed by atoms with Crippen LogP contribution in [0.15, 0.2) is 48.5 Å². The predicted molar refractivity (Wildman–Crippen MR) is 105 cm³/mol. The third-order valence-corrected chi connectivity index (χ3v) is 5.72. The normalized spacial score (nSPS) is 23.8.